The van der Waals surface area contributed by atoms with Gasteiger partial charge in [-0.15, -0.1) is 6.58 Å². The molecule has 40 heteroatoms. The molecule has 1 N–H and O–H groups in total. The summed E-state index contributed by atoms with van der Waals surface area (Å²) in [5.74, 6) is -4.05. The smallest absolute Gasteiger partial charge is 0.386 e. The zero-order chi connectivity index (χ0) is 103. The van der Waals surface area contributed by atoms with Crippen molar-refractivity contribution in [2.24, 2.45) is 0 Å². The Morgan fingerprint density at radius 1 is 0.410 bits per heavy atom. The van der Waals surface area contributed by atoms with E-state index < -0.39 is 79.4 Å². The van der Waals surface area contributed by atoms with E-state index in [0.717, 1.165) is 24.6 Å². The van der Waals surface area contributed by atoms with Crippen LogP contribution >= 0.6 is 0 Å². The van der Waals surface area contributed by atoms with Crippen molar-refractivity contribution in [2.75, 3.05) is 165 Å². The molecule has 15 unspecified atom stereocenters. The molecule has 15 atom stereocenters. The van der Waals surface area contributed by atoms with E-state index in [9.17, 15) is 43.2 Å². The van der Waals surface area contributed by atoms with Gasteiger partial charge in [-0.3, -0.25) is 9.59 Å². The summed E-state index contributed by atoms with van der Waals surface area (Å²) in [4.78, 5) is 102. The van der Waals surface area contributed by atoms with Crippen LogP contribution in [0.3, 0.4) is 0 Å². The van der Waals surface area contributed by atoms with Crippen LogP contribution in [0.1, 0.15) is 144 Å². The highest BCUT2D eigenvalue weighted by Gasteiger charge is 2.45. The van der Waals surface area contributed by atoms with Crippen molar-refractivity contribution in [1.29, 1.82) is 0 Å². The van der Waals surface area contributed by atoms with E-state index in [1.807, 2.05) is 110 Å². The average Bonchev–Trinajstić information content (AvgIpc) is 1.58. The SMILES string of the molecule is C=C(C)C(=O)OCCOCCOC(=O)C(=C)C.C=C(C)C(=O)O[Si](C)(C)O[Si](C)(C)O[Si](C)(C)OC(=O)C(=C)C.C=CC(=O)N1CCOCC1.C=CC(=O)OCC(C)OCC(C)OCC(C)OCC(C)OCC(C)OCC(C)OCC(C)OCC(C)OCC(C)OCC(C)OCC(C)OCC(C)OC(=O)CC.C=CC(=O)OCC1COC(C)(CC)O1.C=CCOCC(O)COC(=O)C=C. The normalized spacial score (nSPS) is 16.9. The summed E-state index contributed by atoms with van der Waals surface area (Å²) in [6, 6.07) is 0. The van der Waals surface area contributed by atoms with Crippen molar-refractivity contribution in [1.82, 2.24) is 4.90 Å². The molecule has 0 aromatic heterocycles. The zero-order valence-electron chi connectivity index (χ0n) is 85.1. The third-order valence-electron chi connectivity index (χ3n) is 16.8. The molecule has 2 aliphatic heterocycles. The molecule has 776 valence electrons. The maximum Gasteiger partial charge on any atom is 0.386 e. The maximum absolute atomic E-state index is 11.7. The number of ether oxygens (including phenoxy) is 22. The molecule has 2 fully saturated rings. The Bertz CT molecular complexity index is 3320. The minimum atomic E-state index is -2.74. The van der Waals surface area contributed by atoms with Crippen LogP contribution < -0.4 is 0 Å². The molecular formula is C94H167NO36Si3. The van der Waals surface area contributed by atoms with Crippen molar-refractivity contribution < 1.29 is 170 Å². The van der Waals surface area contributed by atoms with Crippen molar-refractivity contribution in [3.63, 3.8) is 0 Å². The highest BCUT2D eigenvalue weighted by atomic mass is 28.5. The number of aliphatic hydroxyl groups is 1. The van der Waals surface area contributed by atoms with Gasteiger partial charge in [0.2, 0.25) is 5.91 Å². The number of rotatable bonds is 66. The first-order chi connectivity index (χ1) is 62.6. The Morgan fingerprint density at radius 2 is 0.724 bits per heavy atom. The summed E-state index contributed by atoms with van der Waals surface area (Å²) >= 11 is 0. The van der Waals surface area contributed by atoms with Crippen LogP contribution in [-0.2, 0) is 164 Å². The molecule has 1 amide bonds. The highest BCUT2D eigenvalue weighted by molar-refractivity contribution is 6.85. The van der Waals surface area contributed by atoms with E-state index in [1.54, 1.807) is 71.8 Å². The van der Waals surface area contributed by atoms with E-state index in [4.69, 9.17) is 122 Å². The molecule has 0 bridgehead atoms. The predicted molar refractivity (Wildman–Crippen MR) is 512 cm³/mol. The third-order valence-corrected chi connectivity index (χ3v) is 26.1. The number of morpholine rings is 1. The lowest BCUT2D eigenvalue weighted by molar-refractivity contribution is -0.165. The number of nitrogens with zero attached hydrogens (tertiary/aromatic N) is 1. The van der Waals surface area contributed by atoms with E-state index in [1.165, 1.54) is 6.08 Å². The van der Waals surface area contributed by atoms with Crippen molar-refractivity contribution in [3.8, 4) is 0 Å². The quantitative estimate of drug-likeness (QED) is 0.0148. The minimum absolute atomic E-state index is 0.00306. The van der Waals surface area contributed by atoms with Gasteiger partial charge in [-0.1, -0.05) is 72.6 Å². The predicted octanol–water partition coefficient (Wildman–Crippen LogP) is 11.7. The number of hydrogen-bond acceptors (Lipinski definition) is 36. The van der Waals surface area contributed by atoms with Gasteiger partial charge in [0, 0.05) is 60.0 Å². The van der Waals surface area contributed by atoms with Gasteiger partial charge in [0.25, 0.3) is 0 Å². The molecule has 134 heavy (non-hydrogen) atoms. The molecule has 0 radical (unpaired) electrons. The van der Waals surface area contributed by atoms with Gasteiger partial charge in [-0.2, -0.15) is 0 Å². The van der Waals surface area contributed by atoms with Crippen molar-refractivity contribution in [3.05, 3.63) is 112 Å². The number of hydrogen-bond donors (Lipinski definition) is 1. The largest absolute Gasteiger partial charge is 0.492 e. The van der Waals surface area contributed by atoms with Gasteiger partial charge in [0.15, 0.2) is 5.79 Å². The fourth-order valence-corrected chi connectivity index (χ4v) is 21.3. The Kier molecular flexibility index (Phi) is 77.1. The van der Waals surface area contributed by atoms with Crippen molar-refractivity contribution in [2.45, 2.75) is 275 Å². The average molecular weight is 1970 g/mol. The first-order valence-corrected chi connectivity index (χ1v) is 53.5. The van der Waals surface area contributed by atoms with Gasteiger partial charge in [0.05, 0.1) is 186 Å². The molecule has 0 spiro atoms. The highest BCUT2D eigenvalue weighted by Crippen LogP contribution is 2.27. The monoisotopic (exact) mass is 1970 g/mol. The Morgan fingerprint density at radius 3 is 1.01 bits per heavy atom. The van der Waals surface area contributed by atoms with E-state index >= 15 is 0 Å². The summed E-state index contributed by atoms with van der Waals surface area (Å²) < 4.78 is 143. The number of aliphatic hydroxyl groups excluding tert-OH is 1. The Labute approximate surface area is 801 Å². The standard InChI is InChI=1S/C42H80O15.C14H28O6Si3.C12H18O5.C10H16O4.C9H14O4.C7H11NO2/c1-15-41(43)56-27-39(13)54-25-37(11)52-23-35(9)50-21-33(7)48-19-31(5)46-17-29(3)45-18-30(4)47-20-32(6)49-22-34(8)51-24-36(10)53-26-38(12)55-28-40(14)57-42(44)16-2;1-11(2)13(15)17-21(5,6)19-23(9,10)20-22(7,8)18-14(16)12(3)4;1-9(2)11(13)16-7-5-15-6-8-17-12(14)10(3)4;1-4-9(11)12-6-8-7-13-10(3,5-2)14-8;1-3-5-12-6-8(10)7-13-9(11)4-2;1-2-7(9)8-3-5-10-6-4-8/h15,29-40H,1,16-28H2,2-14H3;1,3H2,2,4-10H3;1,3,5-8H2,2,4H3;4,8H,1,5-7H2,2-3H3;3-4,8,10H,1-2,5-7H2;2H,1,3-6H2. The summed E-state index contributed by atoms with van der Waals surface area (Å²) in [5, 5.41) is 9.15. The Hall–Kier alpha value is -7.22. The van der Waals surface area contributed by atoms with Gasteiger partial charge < -0.3 is 131 Å². The summed E-state index contributed by atoms with van der Waals surface area (Å²) in [7, 11) is -8.14. The summed E-state index contributed by atoms with van der Waals surface area (Å²) in [6.45, 7) is 85.9. The molecule has 2 rings (SSSR count). The topological polar surface area (TPSA) is 417 Å². The molecule has 2 heterocycles. The fourth-order valence-electron chi connectivity index (χ4n) is 9.71. The summed E-state index contributed by atoms with van der Waals surface area (Å²) in [5.41, 5.74) is 1.33. The summed E-state index contributed by atoms with van der Waals surface area (Å²) in [6.07, 6.45) is 4.66. The Balaban J connectivity index is -0.000000883. The van der Waals surface area contributed by atoms with Crippen LogP contribution in [0, 0.1) is 0 Å². The van der Waals surface area contributed by atoms with E-state index in [2.05, 4.69) is 63.9 Å². The second kappa shape index (κ2) is 77.7. The second-order valence-electron chi connectivity index (χ2n) is 33.1. The van der Waals surface area contributed by atoms with Crippen LogP contribution in [0.2, 0.25) is 39.3 Å². The van der Waals surface area contributed by atoms with E-state index in [-0.39, 0.29) is 144 Å². The van der Waals surface area contributed by atoms with Gasteiger partial charge in [0.1, 0.15) is 51.3 Å². The fraction of sp³-hybridized carbons (Fsp3) is 0.713. The molecule has 2 aliphatic rings. The molecule has 0 aromatic carbocycles. The van der Waals surface area contributed by atoms with E-state index in [0.29, 0.717) is 141 Å². The molecule has 0 aromatic rings. The van der Waals surface area contributed by atoms with Gasteiger partial charge in [-0.05, 0) is 169 Å². The van der Waals surface area contributed by atoms with Crippen LogP contribution in [0.5, 0.6) is 0 Å². The van der Waals surface area contributed by atoms with Gasteiger partial charge in [-0.25, -0.2) is 33.6 Å². The molecule has 0 saturated carbocycles. The van der Waals surface area contributed by atoms with Crippen LogP contribution in [0.25, 0.3) is 0 Å². The second-order valence-corrected chi connectivity index (χ2v) is 43.5. The third kappa shape index (κ3) is 78.8. The lowest BCUT2D eigenvalue weighted by Gasteiger charge is -2.36. The first-order valence-electron chi connectivity index (χ1n) is 45.0. The number of amides is 1. The van der Waals surface area contributed by atoms with Gasteiger partial charge >= 0.3 is 73.4 Å². The lowest BCUT2D eigenvalue weighted by Crippen LogP contribution is -2.55. The number of carbonyl (C=O) groups is 9. The van der Waals surface area contributed by atoms with Crippen LogP contribution in [0.15, 0.2) is 112 Å². The first kappa shape index (κ1) is 133. The minimum Gasteiger partial charge on any atom is -0.492 e. The molecular weight excluding hydrogens is 1800 g/mol. The number of carbonyl (C=O) groups excluding carboxylic acids is 9. The molecule has 37 nitrogen and oxygen atoms in total. The maximum atomic E-state index is 11.7. The zero-order valence-corrected chi connectivity index (χ0v) is 88.1. The molecule has 0 aliphatic carbocycles. The van der Waals surface area contributed by atoms with Crippen molar-refractivity contribution >= 4 is 79.3 Å². The van der Waals surface area contributed by atoms with Crippen LogP contribution in [-0.4, -0.2) is 346 Å². The number of esters is 6. The molecule has 2 saturated heterocycles. The lowest BCUT2D eigenvalue weighted by atomic mass is 10.2. The van der Waals surface area contributed by atoms with Crippen LogP contribution in [0.4, 0.5) is 0 Å².